The molecule has 0 unspecified atom stereocenters. The number of ether oxygens (including phenoxy) is 1. The molecule has 1 aromatic carbocycles. The number of methoxy groups -OCH3 is 1. The molecule has 0 spiro atoms. The Morgan fingerprint density at radius 1 is 1.43 bits per heavy atom. The summed E-state index contributed by atoms with van der Waals surface area (Å²) in [6.45, 7) is 0. The van der Waals surface area contributed by atoms with Crippen LogP contribution in [0.15, 0.2) is 24.3 Å². The summed E-state index contributed by atoms with van der Waals surface area (Å²) in [5.41, 5.74) is 0.915. The Hall–Kier alpha value is -1.84. The molecule has 0 aliphatic heterocycles. The molecule has 72 valence electrons. The number of carbonyl (C=O) groups excluding carboxylic acids is 1. The van der Waals surface area contributed by atoms with Crippen LogP contribution in [0.2, 0.25) is 0 Å². The zero-order chi connectivity index (χ0) is 10.1. The summed E-state index contributed by atoms with van der Waals surface area (Å²) in [5.74, 6) is -0.794. The van der Waals surface area contributed by atoms with E-state index in [9.17, 15) is 9.18 Å². The van der Waals surface area contributed by atoms with Gasteiger partial charge in [-0.1, -0.05) is 0 Å². The van der Waals surface area contributed by atoms with Gasteiger partial charge in [0.05, 0.1) is 7.11 Å². The topological polar surface area (TPSA) is 42.1 Å². The number of nitrogens with one attached hydrogen (secondary N) is 1. The van der Waals surface area contributed by atoms with Crippen molar-refractivity contribution in [2.24, 2.45) is 0 Å². The van der Waals surface area contributed by atoms with Crippen molar-refractivity contribution in [3.05, 3.63) is 35.8 Å². The fourth-order valence-electron chi connectivity index (χ4n) is 1.32. The summed E-state index contributed by atoms with van der Waals surface area (Å²) in [5, 5.41) is 0.784. The summed E-state index contributed by atoms with van der Waals surface area (Å²) in [6, 6.07) is 5.91. The second-order valence-corrected chi connectivity index (χ2v) is 2.91. The Morgan fingerprint density at radius 2 is 2.21 bits per heavy atom. The lowest BCUT2D eigenvalue weighted by atomic mass is 10.2. The second-order valence-electron chi connectivity index (χ2n) is 2.91. The first kappa shape index (κ1) is 8.74. The van der Waals surface area contributed by atoms with Crippen LogP contribution in [-0.4, -0.2) is 18.1 Å². The molecule has 2 aromatic rings. The van der Waals surface area contributed by atoms with Gasteiger partial charge < -0.3 is 9.72 Å². The van der Waals surface area contributed by atoms with Crippen LogP contribution >= 0.6 is 0 Å². The first-order valence-electron chi connectivity index (χ1n) is 4.07. The van der Waals surface area contributed by atoms with Crippen molar-refractivity contribution in [2.75, 3.05) is 7.11 Å². The summed E-state index contributed by atoms with van der Waals surface area (Å²) >= 11 is 0. The minimum absolute atomic E-state index is 0.327. The van der Waals surface area contributed by atoms with Crippen LogP contribution in [0.4, 0.5) is 4.39 Å². The number of halogens is 1. The number of aromatic amines is 1. The maximum absolute atomic E-state index is 12.8. The molecule has 0 bridgehead atoms. The van der Waals surface area contributed by atoms with Gasteiger partial charge in [0.1, 0.15) is 11.5 Å². The lowest BCUT2D eigenvalue weighted by molar-refractivity contribution is 0.0595. The number of rotatable bonds is 1. The summed E-state index contributed by atoms with van der Waals surface area (Å²) < 4.78 is 17.3. The minimum atomic E-state index is -0.457. The first-order chi connectivity index (χ1) is 6.70. The molecule has 0 saturated carbocycles. The maximum Gasteiger partial charge on any atom is 0.354 e. The lowest BCUT2D eigenvalue weighted by Crippen LogP contribution is -2.00. The standard InChI is InChI=1S/C10H8FNO2/c1-14-10(13)9-4-6-2-3-7(11)5-8(6)12-9/h2-5,12H,1H3. The number of hydrogen-bond donors (Lipinski definition) is 1. The number of aromatic nitrogens is 1. The van der Waals surface area contributed by atoms with Crippen LogP contribution in [-0.2, 0) is 4.74 Å². The maximum atomic E-state index is 12.8. The van der Waals surface area contributed by atoms with Crippen LogP contribution in [0.1, 0.15) is 10.5 Å². The average molecular weight is 193 g/mol. The van der Waals surface area contributed by atoms with Gasteiger partial charge in [-0.05, 0) is 24.3 Å². The third-order valence-corrected chi connectivity index (χ3v) is 1.99. The molecule has 0 radical (unpaired) electrons. The highest BCUT2D eigenvalue weighted by molar-refractivity contribution is 5.94. The van der Waals surface area contributed by atoms with Crippen molar-refractivity contribution in [2.45, 2.75) is 0 Å². The van der Waals surface area contributed by atoms with Crippen molar-refractivity contribution in [3.8, 4) is 0 Å². The van der Waals surface area contributed by atoms with E-state index < -0.39 is 5.97 Å². The average Bonchev–Trinajstić information content (AvgIpc) is 2.59. The van der Waals surface area contributed by atoms with Gasteiger partial charge in [0.2, 0.25) is 0 Å². The van der Waals surface area contributed by atoms with E-state index in [2.05, 4.69) is 9.72 Å². The monoisotopic (exact) mass is 193 g/mol. The molecule has 0 aliphatic rings. The Morgan fingerprint density at radius 3 is 2.93 bits per heavy atom. The quantitative estimate of drug-likeness (QED) is 0.704. The highest BCUT2D eigenvalue weighted by Gasteiger charge is 2.09. The van der Waals surface area contributed by atoms with Crippen LogP contribution in [0, 0.1) is 5.82 Å². The van der Waals surface area contributed by atoms with Crippen LogP contribution in [0.3, 0.4) is 0 Å². The Kier molecular flexibility index (Phi) is 1.96. The van der Waals surface area contributed by atoms with Gasteiger partial charge in [-0.15, -0.1) is 0 Å². The summed E-state index contributed by atoms with van der Waals surface area (Å²) in [6.07, 6.45) is 0. The second kappa shape index (κ2) is 3.14. The van der Waals surface area contributed by atoms with Crippen LogP contribution < -0.4 is 0 Å². The lowest BCUT2D eigenvalue weighted by Gasteiger charge is -1.92. The highest BCUT2D eigenvalue weighted by Crippen LogP contribution is 2.16. The van der Waals surface area contributed by atoms with Gasteiger partial charge in [0, 0.05) is 10.9 Å². The third kappa shape index (κ3) is 1.35. The van der Waals surface area contributed by atoms with Gasteiger partial charge in [0.15, 0.2) is 0 Å². The first-order valence-corrected chi connectivity index (χ1v) is 4.07. The molecular formula is C10H8FNO2. The largest absolute Gasteiger partial charge is 0.464 e. The zero-order valence-electron chi connectivity index (χ0n) is 7.50. The van der Waals surface area contributed by atoms with Gasteiger partial charge >= 0.3 is 5.97 Å². The van der Waals surface area contributed by atoms with E-state index in [0.717, 1.165) is 5.39 Å². The Balaban J connectivity index is 2.56. The fourth-order valence-corrected chi connectivity index (χ4v) is 1.32. The predicted molar refractivity (Wildman–Crippen MR) is 49.6 cm³/mol. The molecule has 0 saturated heterocycles. The van der Waals surface area contributed by atoms with Crippen molar-refractivity contribution in [3.63, 3.8) is 0 Å². The van der Waals surface area contributed by atoms with E-state index in [1.54, 1.807) is 12.1 Å². The SMILES string of the molecule is COC(=O)c1cc2ccc(F)cc2[nH]1. The van der Waals surface area contributed by atoms with E-state index >= 15 is 0 Å². The summed E-state index contributed by atoms with van der Waals surface area (Å²) in [4.78, 5) is 13.9. The number of H-pyrrole nitrogens is 1. The van der Waals surface area contributed by atoms with E-state index in [-0.39, 0.29) is 5.82 Å². The molecule has 0 fully saturated rings. The number of fused-ring (bicyclic) bond motifs is 1. The van der Waals surface area contributed by atoms with Crippen molar-refractivity contribution < 1.29 is 13.9 Å². The van der Waals surface area contributed by atoms with E-state index in [1.807, 2.05) is 0 Å². The smallest absolute Gasteiger partial charge is 0.354 e. The predicted octanol–water partition coefficient (Wildman–Crippen LogP) is 2.09. The molecule has 0 amide bonds. The zero-order valence-corrected chi connectivity index (χ0v) is 7.50. The summed E-state index contributed by atoms with van der Waals surface area (Å²) in [7, 11) is 1.30. The molecule has 2 rings (SSSR count). The molecule has 1 aromatic heterocycles. The molecule has 14 heavy (non-hydrogen) atoms. The van der Waals surface area contributed by atoms with Crippen molar-refractivity contribution >= 4 is 16.9 Å². The van der Waals surface area contributed by atoms with E-state index in [0.29, 0.717) is 11.2 Å². The minimum Gasteiger partial charge on any atom is -0.464 e. The van der Waals surface area contributed by atoms with Crippen molar-refractivity contribution in [1.82, 2.24) is 4.98 Å². The normalized spacial score (nSPS) is 10.4. The highest BCUT2D eigenvalue weighted by atomic mass is 19.1. The van der Waals surface area contributed by atoms with Gasteiger partial charge in [-0.2, -0.15) is 0 Å². The number of carbonyl (C=O) groups is 1. The van der Waals surface area contributed by atoms with E-state index in [1.165, 1.54) is 19.2 Å². The van der Waals surface area contributed by atoms with Crippen LogP contribution in [0.5, 0.6) is 0 Å². The van der Waals surface area contributed by atoms with Gasteiger partial charge in [0.25, 0.3) is 0 Å². The van der Waals surface area contributed by atoms with Crippen molar-refractivity contribution in [1.29, 1.82) is 0 Å². The van der Waals surface area contributed by atoms with Gasteiger partial charge in [-0.3, -0.25) is 0 Å². The fraction of sp³-hybridized carbons (Fsp3) is 0.100. The molecular weight excluding hydrogens is 185 g/mol. The molecule has 1 heterocycles. The Bertz CT molecular complexity index is 490. The third-order valence-electron chi connectivity index (χ3n) is 1.99. The number of esters is 1. The molecule has 4 heteroatoms. The Labute approximate surface area is 79.5 Å². The number of benzene rings is 1. The molecule has 0 atom stereocenters. The molecule has 0 aliphatic carbocycles. The van der Waals surface area contributed by atoms with Crippen LogP contribution in [0.25, 0.3) is 10.9 Å². The number of hydrogen-bond acceptors (Lipinski definition) is 2. The van der Waals surface area contributed by atoms with E-state index in [4.69, 9.17) is 0 Å². The molecule has 3 nitrogen and oxygen atoms in total. The molecule has 1 N–H and O–H groups in total. The van der Waals surface area contributed by atoms with Gasteiger partial charge in [-0.25, -0.2) is 9.18 Å².